The zero-order chi connectivity index (χ0) is 36.2. The van der Waals surface area contributed by atoms with E-state index in [4.69, 9.17) is 16.3 Å². The minimum absolute atomic E-state index is 0.131. The number of benzene rings is 3. The van der Waals surface area contributed by atoms with Gasteiger partial charge in [0.25, 0.3) is 5.91 Å². The van der Waals surface area contributed by atoms with E-state index in [1.54, 1.807) is 17.7 Å². The highest BCUT2D eigenvalue weighted by Gasteiger charge is 2.30. The van der Waals surface area contributed by atoms with E-state index in [-0.39, 0.29) is 28.3 Å². The zero-order valence-electron chi connectivity index (χ0n) is 29.9. The van der Waals surface area contributed by atoms with Crippen molar-refractivity contribution in [2.45, 2.75) is 46.0 Å². The molecule has 2 fully saturated rings. The van der Waals surface area contributed by atoms with Crippen LogP contribution in [0.3, 0.4) is 0 Å². The van der Waals surface area contributed by atoms with Crippen LogP contribution in [-0.2, 0) is 4.74 Å². The Morgan fingerprint density at radius 2 is 1.73 bits per heavy atom. The minimum Gasteiger partial charge on any atom is -0.381 e. The van der Waals surface area contributed by atoms with Crippen LogP contribution in [0.25, 0.3) is 16.5 Å². The molecule has 3 heterocycles. The van der Waals surface area contributed by atoms with Gasteiger partial charge in [0.1, 0.15) is 17.8 Å². The summed E-state index contributed by atoms with van der Waals surface area (Å²) >= 11 is 6.21. The molecule has 2 saturated heterocycles. The third-order valence-corrected chi connectivity index (χ3v) is 11.0. The number of aromatic nitrogens is 2. The molecule has 11 nitrogen and oxygen atoms in total. The summed E-state index contributed by atoms with van der Waals surface area (Å²) in [6.45, 7) is 11.4. The van der Waals surface area contributed by atoms with E-state index in [0.29, 0.717) is 42.3 Å². The molecule has 0 bridgehead atoms. The van der Waals surface area contributed by atoms with E-state index >= 15 is 0 Å². The van der Waals surface area contributed by atoms with E-state index in [1.165, 1.54) is 23.9 Å². The van der Waals surface area contributed by atoms with Crippen molar-refractivity contribution in [2.24, 2.45) is 11.3 Å². The van der Waals surface area contributed by atoms with Crippen molar-refractivity contribution in [1.29, 1.82) is 0 Å². The zero-order valence-corrected chi connectivity index (χ0v) is 30.6. The van der Waals surface area contributed by atoms with E-state index in [9.17, 15) is 14.9 Å². The first kappa shape index (κ1) is 35.8. The fraction of sp³-hybridized carbons (Fsp3) is 0.425. The predicted octanol–water partition coefficient (Wildman–Crippen LogP) is 8.07. The first-order valence-electron chi connectivity index (χ1n) is 18.2. The van der Waals surface area contributed by atoms with Crippen LogP contribution in [0.5, 0.6) is 0 Å². The Morgan fingerprint density at radius 1 is 1.00 bits per heavy atom. The van der Waals surface area contributed by atoms with E-state index in [0.717, 1.165) is 69.1 Å². The summed E-state index contributed by atoms with van der Waals surface area (Å²) in [7, 11) is 0. The molecule has 4 aromatic rings. The van der Waals surface area contributed by atoms with Crippen LogP contribution in [0.4, 0.5) is 22.9 Å². The van der Waals surface area contributed by atoms with Gasteiger partial charge in [0.15, 0.2) is 5.52 Å². The average Bonchev–Trinajstić information content (AvgIpc) is 3.15. The Bertz CT molecular complexity index is 1950. The first-order valence-corrected chi connectivity index (χ1v) is 18.6. The summed E-state index contributed by atoms with van der Waals surface area (Å²) in [4.78, 5) is 38.6. The van der Waals surface area contributed by atoms with Crippen LogP contribution in [0, 0.1) is 21.4 Å². The van der Waals surface area contributed by atoms with Gasteiger partial charge in [0.05, 0.1) is 10.3 Å². The van der Waals surface area contributed by atoms with Crippen molar-refractivity contribution >= 4 is 56.9 Å². The molecule has 1 aromatic heterocycles. The lowest BCUT2D eigenvalue weighted by Crippen LogP contribution is -2.47. The maximum Gasteiger partial charge on any atom is 0.318 e. The van der Waals surface area contributed by atoms with Crippen molar-refractivity contribution in [3.63, 3.8) is 0 Å². The standard InChI is InChI=1S/C40H46ClN7O4/c1-40(2)16-13-30(34(23-40)28-3-7-31(41)8-4-28)25-46-17-19-47(20-18-46)32-9-5-29(6-10-32)39(49)45-38-33-11-12-35(42-24-27-14-21-52-22-15-27)37(48(50)51)36(33)43-26-44-38/h3-12,26-27,42H,13-25H2,1-2H3,(H,43,44,45,49). The Balaban J connectivity index is 0.983. The highest BCUT2D eigenvalue weighted by molar-refractivity contribution is 6.30. The fourth-order valence-corrected chi connectivity index (χ4v) is 7.77. The molecule has 272 valence electrons. The number of nitrogens with one attached hydrogen (secondary N) is 2. The number of nitro benzene ring substituents is 1. The number of hydrogen-bond acceptors (Lipinski definition) is 9. The van der Waals surface area contributed by atoms with Crippen molar-refractivity contribution in [3.8, 4) is 0 Å². The molecule has 52 heavy (non-hydrogen) atoms. The highest BCUT2D eigenvalue weighted by Crippen LogP contribution is 2.43. The van der Waals surface area contributed by atoms with Gasteiger partial charge in [-0.05, 0) is 103 Å². The molecule has 12 heteroatoms. The SMILES string of the molecule is CC1(C)CCC(CN2CCN(c3ccc(C(=O)Nc4ncnc5c([N+](=O)[O-])c(NCC6CCOCC6)ccc45)cc3)CC2)=C(c2ccc(Cl)cc2)C1. The number of halogens is 1. The Hall–Kier alpha value is -4.58. The summed E-state index contributed by atoms with van der Waals surface area (Å²) < 4.78 is 5.43. The number of piperazine rings is 1. The summed E-state index contributed by atoms with van der Waals surface area (Å²) in [5.41, 5.74) is 6.57. The van der Waals surface area contributed by atoms with Crippen molar-refractivity contribution in [2.75, 3.05) is 68.0 Å². The molecule has 7 rings (SSSR count). The van der Waals surface area contributed by atoms with Gasteiger partial charge in [0, 0.05) is 68.8 Å². The second-order valence-corrected chi connectivity index (χ2v) is 15.4. The van der Waals surface area contributed by atoms with Gasteiger partial charge in [-0.3, -0.25) is 19.8 Å². The number of allylic oxidation sites excluding steroid dienone is 1. The molecule has 2 aliphatic heterocycles. The number of fused-ring (bicyclic) bond motifs is 1. The van der Waals surface area contributed by atoms with Crippen LogP contribution >= 0.6 is 11.6 Å². The molecule has 0 saturated carbocycles. The number of amides is 1. The van der Waals surface area contributed by atoms with Gasteiger partial charge in [-0.25, -0.2) is 9.97 Å². The minimum atomic E-state index is -0.432. The monoisotopic (exact) mass is 723 g/mol. The molecule has 0 radical (unpaired) electrons. The molecule has 0 spiro atoms. The lowest BCUT2D eigenvalue weighted by Gasteiger charge is -2.39. The van der Waals surface area contributed by atoms with Crippen LogP contribution in [0.2, 0.25) is 5.02 Å². The number of rotatable bonds is 10. The Morgan fingerprint density at radius 3 is 2.44 bits per heavy atom. The Kier molecular flexibility index (Phi) is 10.7. The van der Waals surface area contributed by atoms with Gasteiger partial charge in [0.2, 0.25) is 0 Å². The number of anilines is 3. The van der Waals surface area contributed by atoms with Crippen molar-refractivity contribution in [1.82, 2.24) is 14.9 Å². The summed E-state index contributed by atoms with van der Waals surface area (Å²) in [6.07, 6.45) is 6.46. The van der Waals surface area contributed by atoms with Crippen LogP contribution in [0.15, 0.2) is 72.6 Å². The summed E-state index contributed by atoms with van der Waals surface area (Å²) in [6, 6.07) is 19.3. The second-order valence-electron chi connectivity index (χ2n) is 15.0. The quantitative estimate of drug-likeness (QED) is 0.123. The molecular weight excluding hydrogens is 678 g/mol. The molecular formula is C40H46ClN7O4. The van der Waals surface area contributed by atoms with Crippen LogP contribution in [0.1, 0.15) is 61.9 Å². The van der Waals surface area contributed by atoms with Gasteiger partial charge >= 0.3 is 5.69 Å². The number of hydrogen-bond donors (Lipinski definition) is 2. The average molecular weight is 724 g/mol. The largest absolute Gasteiger partial charge is 0.381 e. The molecule has 1 aliphatic carbocycles. The van der Waals surface area contributed by atoms with Crippen LogP contribution in [-0.4, -0.2) is 78.2 Å². The van der Waals surface area contributed by atoms with Crippen molar-refractivity contribution in [3.05, 3.63) is 98.8 Å². The first-order chi connectivity index (χ1) is 25.1. The van der Waals surface area contributed by atoms with Crippen molar-refractivity contribution < 1.29 is 14.5 Å². The number of ether oxygens (including phenoxy) is 1. The lowest BCUT2D eigenvalue weighted by molar-refractivity contribution is -0.382. The normalized spacial score (nSPS) is 18.4. The lowest BCUT2D eigenvalue weighted by atomic mass is 9.72. The summed E-state index contributed by atoms with van der Waals surface area (Å²) in [5, 5.41) is 19.5. The maximum absolute atomic E-state index is 13.4. The van der Waals surface area contributed by atoms with Gasteiger partial charge in [-0.2, -0.15) is 0 Å². The molecule has 0 unspecified atom stereocenters. The third kappa shape index (κ3) is 8.22. The summed E-state index contributed by atoms with van der Waals surface area (Å²) in [5.74, 6) is 0.263. The van der Waals surface area contributed by atoms with Gasteiger partial charge < -0.3 is 20.3 Å². The van der Waals surface area contributed by atoms with Gasteiger partial charge in [-0.1, -0.05) is 43.2 Å². The topological polar surface area (TPSA) is 126 Å². The molecule has 0 atom stereocenters. The smallest absolute Gasteiger partial charge is 0.318 e. The molecule has 2 N–H and O–H groups in total. The number of nitro groups is 1. The van der Waals surface area contributed by atoms with Crippen LogP contribution < -0.4 is 15.5 Å². The molecule has 3 aliphatic rings. The van der Waals surface area contributed by atoms with E-state index in [1.807, 2.05) is 36.4 Å². The molecule has 3 aromatic carbocycles. The molecule has 1 amide bonds. The number of nitrogens with zero attached hydrogens (tertiary/aromatic N) is 5. The van der Waals surface area contributed by atoms with E-state index in [2.05, 4.69) is 56.4 Å². The maximum atomic E-state index is 13.4. The number of carbonyl (C=O) groups is 1. The number of carbonyl (C=O) groups excluding carboxylic acids is 1. The third-order valence-electron chi connectivity index (χ3n) is 10.8. The highest BCUT2D eigenvalue weighted by atomic mass is 35.5. The fourth-order valence-electron chi connectivity index (χ4n) is 7.65. The second kappa shape index (κ2) is 15.6. The predicted molar refractivity (Wildman–Crippen MR) is 207 cm³/mol. The van der Waals surface area contributed by atoms with E-state index < -0.39 is 4.92 Å². The van der Waals surface area contributed by atoms with Gasteiger partial charge in [-0.15, -0.1) is 0 Å². The Labute approximate surface area is 309 Å².